The van der Waals surface area contributed by atoms with Gasteiger partial charge in [0.25, 0.3) is 0 Å². The Balaban J connectivity index is 1.89. The van der Waals surface area contributed by atoms with E-state index in [1.165, 1.54) is 0 Å². The van der Waals surface area contributed by atoms with Gasteiger partial charge in [-0.25, -0.2) is 0 Å². The number of carbonyl (C=O) groups excluding carboxylic acids is 1. The first-order chi connectivity index (χ1) is 9.72. The molecule has 1 aliphatic carbocycles. The molecule has 0 atom stereocenters. The number of piperidine rings is 1. The lowest BCUT2D eigenvalue weighted by atomic mass is 9.74. The van der Waals surface area contributed by atoms with Crippen LogP contribution in [0.2, 0.25) is 0 Å². The maximum absolute atomic E-state index is 12.6. The van der Waals surface area contributed by atoms with Crippen molar-refractivity contribution in [2.45, 2.75) is 51.0 Å². The van der Waals surface area contributed by atoms with Crippen LogP contribution in [-0.2, 0) is 9.53 Å². The second-order valence-electron chi connectivity index (χ2n) is 5.84. The minimum absolute atomic E-state index is 0.0281. The van der Waals surface area contributed by atoms with Gasteiger partial charge >= 0.3 is 0 Å². The summed E-state index contributed by atoms with van der Waals surface area (Å²) < 4.78 is 5.50. The average Bonchev–Trinajstić information content (AvgIpc) is 2.53. The lowest BCUT2D eigenvalue weighted by Gasteiger charge is -2.38. The van der Waals surface area contributed by atoms with Crippen molar-refractivity contribution in [3.8, 4) is 6.07 Å². The number of nitriles is 1. The monoisotopic (exact) mass is 280 g/mol. The summed E-state index contributed by atoms with van der Waals surface area (Å²) in [7, 11) is 0. The van der Waals surface area contributed by atoms with Gasteiger partial charge in [-0.1, -0.05) is 19.3 Å². The SMILES string of the molecule is N#CC1(C(=O)N2CCC(OCCO)CC2)CCCCC1. The van der Waals surface area contributed by atoms with Gasteiger partial charge in [0.2, 0.25) is 5.91 Å². The van der Waals surface area contributed by atoms with Gasteiger partial charge in [-0.2, -0.15) is 5.26 Å². The summed E-state index contributed by atoms with van der Waals surface area (Å²) in [6.07, 6.45) is 6.25. The molecule has 5 nitrogen and oxygen atoms in total. The van der Waals surface area contributed by atoms with Gasteiger partial charge in [-0.15, -0.1) is 0 Å². The Hall–Kier alpha value is -1.12. The first-order valence-electron chi connectivity index (χ1n) is 7.65. The zero-order chi connectivity index (χ0) is 14.4. The number of ether oxygens (including phenoxy) is 1. The van der Waals surface area contributed by atoms with E-state index in [9.17, 15) is 10.1 Å². The molecule has 0 spiro atoms. The molecule has 112 valence electrons. The molecule has 0 aromatic carbocycles. The van der Waals surface area contributed by atoms with Gasteiger partial charge in [0.05, 0.1) is 25.4 Å². The Morgan fingerprint density at radius 2 is 1.95 bits per heavy atom. The summed E-state index contributed by atoms with van der Waals surface area (Å²) in [5.74, 6) is 0.0281. The number of hydrogen-bond acceptors (Lipinski definition) is 4. The second-order valence-corrected chi connectivity index (χ2v) is 5.84. The van der Waals surface area contributed by atoms with Gasteiger partial charge in [0, 0.05) is 13.1 Å². The first-order valence-corrected chi connectivity index (χ1v) is 7.65. The summed E-state index contributed by atoms with van der Waals surface area (Å²) in [5.41, 5.74) is -0.767. The van der Waals surface area contributed by atoms with Crippen LogP contribution in [0.5, 0.6) is 0 Å². The van der Waals surface area contributed by atoms with Crippen molar-refractivity contribution in [1.29, 1.82) is 5.26 Å². The molecule has 0 aromatic rings. The lowest BCUT2D eigenvalue weighted by Crippen LogP contribution is -2.48. The molecule has 0 unspecified atom stereocenters. The summed E-state index contributed by atoms with van der Waals surface area (Å²) in [6.45, 7) is 1.73. The van der Waals surface area contributed by atoms with Crippen molar-refractivity contribution >= 4 is 5.91 Å². The van der Waals surface area contributed by atoms with E-state index in [0.717, 1.165) is 32.1 Å². The minimum atomic E-state index is -0.767. The third kappa shape index (κ3) is 3.31. The fourth-order valence-electron chi connectivity index (χ4n) is 3.28. The van der Waals surface area contributed by atoms with Crippen molar-refractivity contribution in [3.63, 3.8) is 0 Å². The number of nitrogens with zero attached hydrogens (tertiary/aromatic N) is 2. The Kier molecular flexibility index (Phi) is 5.38. The Labute approximate surface area is 120 Å². The lowest BCUT2D eigenvalue weighted by molar-refractivity contribution is -0.143. The zero-order valence-electron chi connectivity index (χ0n) is 12.0. The second kappa shape index (κ2) is 7.05. The molecular weight excluding hydrogens is 256 g/mol. The van der Waals surface area contributed by atoms with E-state index >= 15 is 0 Å². The van der Waals surface area contributed by atoms with Crippen LogP contribution in [0, 0.1) is 16.7 Å². The molecule has 1 N–H and O–H groups in total. The van der Waals surface area contributed by atoms with Gasteiger partial charge in [-0.05, 0) is 25.7 Å². The number of carbonyl (C=O) groups is 1. The molecule has 0 aromatic heterocycles. The van der Waals surface area contributed by atoms with Gasteiger partial charge < -0.3 is 14.7 Å². The summed E-state index contributed by atoms with van der Waals surface area (Å²) in [6, 6.07) is 2.30. The molecule has 1 aliphatic heterocycles. The molecule has 2 rings (SSSR count). The first kappa shape index (κ1) is 15.3. The van der Waals surface area contributed by atoms with Gasteiger partial charge in [-0.3, -0.25) is 4.79 Å². The summed E-state index contributed by atoms with van der Waals surface area (Å²) >= 11 is 0. The summed E-state index contributed by atoms with van der Waals surface area (Å²) in [5, 5.41) is 18.2. The highest BCUT2D eigenvalue weighted by atomic mass is 16.5. The van der Waals surface area contributed by atoms with Crippen LogP contribution in [0.3, 0.4) is 0 Å². The fraction of sp³-hybridized carbons (Fsp3) is 0.867. The van der Waals surface area contributed by atoms with Gasteiger partial charge in [0.1, 0.15) is 5.41 Å². The topological polar surface area (TPSA) is 73.6 Å². The number of hydrogen-bond donors (Lipinski definition) is 1. The van der Waals surface area contributed by atoms with Crippen LogP contribution in [0.4, 0.5) is 0 Å². The maximum Gasteiger partial charge on any atom is 0.243 e. The average molecular weight is 280 g/mol. The molecule has 0 radical (unpaired) electrons. The molecule has 5 heteroatoms. The van der Waals surface area contributed by atoms with Crippen LogP contribution in [-0.4, -0.2) is 48.3 Å². The molecular formula is C15H24N2O3. The van der Waals surface area contributed by atoms with E-state index in [1.54, 1.807) is 0 Å². The van der Waals surface area contributed by atoms with Crippen molar-refractivity contribution in [2.75, 3.05) is 26.3 Å². The Morgan fingerprint density at radius 1 is 1.30 bits per heavy atom. The van der Waals surface area contributed by atoms with Crippen molar-refractivity contribution in [2.24, 2.45) is 5.41 Å². The molecule has 20 heavy (non-hydrogen) atoms. The van der Waals surface area contributed by atoms with E-state index < -0.39 is 5.41 Å². The zero-order valence-corrected chi connectivity index (χ0v) is 12.0. The van der Waals surface area contributed by atoms with Gasteiger partial charge in [0.15, 0.2) is 0 Å². The number of likely N-dealkylation sites (tertiary alicyclic amines) is 1. The predicted octanol–water partition coefficient (Wildman–Crippen LogP) is 1.46. The molecule has 1 saturated heterocycles. The van der Waals surface area contributed by atoms with Crippen molar-refractivity contribution in [3.05, 3.63) is 0 Å². The Morgan fingerprint density at radius 3 is 2.50 bits per heavy atom. The van der Waals surface area contributed by atoms with Crippen LogP contribution in [0.25, 0.3) is 0 Å². The largest absolute Gasteiger partial charge is 0.394 e. The standard InChI is InChI=1S/C15H24N2O3/c16-12-15(6-2-1-3-7-15)14(19)17-8-4-13(5-9-17)20-11-10-18/h13,18H,1-11H2. The van der Waals surface area contributed by atoms with Crippen LogP contribution in [0.1, 0.15) is 44.9 Å². The minimum Gasteiger partial charge on any atom is -0.394 e. The third-order valence-electron chi connectivity index (χ3n) is 4.50. The number of aliphatic hydroxyl groups excluding tert-OH is 1. The highest BCUT2D eigenvalue weighted by molar-refractivity contribution is 5.85. The molecule has 2 fully saturated rings. The van der Waals surface area contributed by atoms with E-state index in [1.807, 2.05) is 4.90 Å². The van der Waals surface area contributed by atoms with Crippen LogP contribution in [0.15, 0.2) is 0 Å². The molecule has 2 aliphatic rings. The normalized spacial score (nSPS) is 23.3. The van der Waals surface area contributed by atoms with E-state index in [0.29, 0.717) is 32.5 Å². The third-order valence-corrected chi connectivity index (χ3v) is 4.50. The van der Waals surface area contributed by atoms with Crippen LogP contribution >= 0.6 is 0 Å². The van der Waals surface area contributed by atoms with Crippen molar-refractivity contribution in [1.82, 2.24) is 4.90 Å². The number of rotatable bonds is 4. The highest BCUT2D eigenvalue weighted by Gasteiger charge is 2.43. The van der Waals surface area contributed by atoms with Crippen molar-refractivity contribution < 1.29 is 14.6 Å². The molecule has 1 saturated carbocycles. The quantitative estimate of drug-likeness (QED) is 0.846. The van der Waals surface area contributed by atoms with E-state index in [-0.39, 0.29) is 18.6 Å². The smallest absolute Gasteiger partial charge is 0.243 e. The van der Waals surface area contributed by atoms with E-state index in [2.05, 4.69) is 6.07 Å². The molecule has 0 bridgehead atoms. The molecule has 1 amide bonds. The van der Waals surface area contributed by atoms with E-state index in [4.69, 9.17) is 9.84 Å². The Bertz CT molecular complexity index is 364. The highest BCUT2D eigenvalue weighted by Crippen LogP contribution is 2.38. The van der Waals surface area contributed by atoms with Crippen LogP contribution < -0.4 is 0 Å². The molecule has 1 heterocycles. The number of amides is 1. The summed E-state index contributed by atoms with van der Waals surface area (Å²) in [4.78, 5) is 14.5. The predicted molar refractivity (Wildman–Crippen MR) is 73.8 cm³/mol. The fourth-order valence-corrected chi connectivity index (χ4v) is 3.28. The maximum atomic E-state index is 12.6. The number of aliphatic hydroxyl groups is 1.